The molecule has 2 aliphatic heterocycles. The van der Waals surface area contributed by atoms with Crippen LogP contribution >= 0.6 is 12.4 Å². The van der Waals surface area contributed by atoms with Crippen molar-refractivity contribution in [2.45, 2.75) is 17.9 Å². The summed E-state index contributed by atoms with van der Waals surface area (Å²) in [6.07, 6.45) is 1.46. The number of fused-ring (bicyclic) bond motifs is 1. The Morgan fingerprint density at radius 2 is 1.79 bits per heavy atom. The van der Waals surface area contributed by atoms with Gasteiger partial charge in [-0.25, -0.2) is 8.42 Å². The zero-order valence-electron chi connectivity index (χ0n) is 16.6. The number of hydrogen-bond donors (Lipinski definition) is 0. The third kappa shape index (κ3) is 3.32. The van der Waals surface area contributed by atoms with Gasteiger partial charge in [-0.05, 0) is 43.5 Å². The topological polar surface area (TPSA) is 67.7 Å². The van der Waals surface area contributed by atoms with Crippen LogP contribution in [-0.4, -0.2) is 61.2 Å². The monoisotopic (exact) mass is 426 g/mol. The van der Waals surface area contributed by atoms with Gasteiger partial charge < -0.3 is 4.74 Å². The van der Waals surface area contributed by atoms with Crippen molar-refractivity contribution in [1.82, 2.24) is 19.0 Å². The van der Waals surface area contributed by atoms with E-state index in [0.717, 1.165) is 12.3 Å². The zero-order chi connectivity index (χ0) is 19.3. The molecule has 28 heavy (non-hydrogen) atoms. The van der Waals surface area contributed by atoms with Crippen molar-refractivity contribution in [2.24, 2.45) is 18.9 Å². The van der Waals surface area contributed by atoms with E-state index in [1.54, 1.807) is 30.1 Å². The first kappa shape index (κ1) is 21.1. The van der Waals surface area contributed by atoms with E-state index in [2.05, 4.69) is 29.2 Å². The number of aryl methyl sites for hydroxylation is 1. The highest BCUT2D eigenvalue weighted by atomic mass is 35.5. The molecule has 2 aromatic rings. The lowest BCUT2D eigenvalue weighted by atomic mass is 9.89. The van der Waals surface area contributed by atoms with Gasteiger partial charge in [-0.1, -0.05) is 12.1 Å². The van der Waals surface area contributed by atoms with Crippen LogP contribution in [0.1, 0.15) is 17.3 Å². The predicted octanol–water partition coefficient (Wildman–Crippen LogP) is 2.08. The van der Waals surface area contributed by atoms with Gasteiger partial charge in [0.2, 0.25) is 10.0 Å². The zero-order valence-corrected chi connectivity index (χ0v) is 18.2. The van der Waals surface area contributed by atoms with E-state index in [1.807, 2.05) is 12.1 Å². The van der Waals surface area contributed by atoms with Crippen molar-refractivity contribution in [2.75, 3.05) is 33.8 Å². The SMILES string of the molecule is COc1ccc([C@H]2[C@@H]3CN(S(=O)(=O)c4cnn(C)c4C)C[C@@H]3CN2C)cc1.Cl. The fourth-order valence-corrected chi connectivity index (χ4v) is 6.31. The van der Waals surface area contributed by atoms with E-state index in [4.69, 9.17) is 4.74 Å². The first-order valence-electron chi connectivity index (χ1n) is 9.16. The molecule has 0 spiro atoms. The summed E-state index contributed by atoms with van der Waals surface area (Å²) in [6.45, 7) is 3.81. The second kappa shape index (κ2) is 7.67. The van der Waals surface area contributed by atoms with Crippen LogP contribution in [0.15, 0.2) is 35.4 Å². The molecule has 0 amide bonds. The van der Waals surface area contributed by atoms with Crippen LogP contribution in [0.3, 0.4) is 0 Å². The smallest absolute Gasteiger partial charge is 0.246 e. The van der Waals surface area contributed by atoms with Crippen molar-refractivity contribution in [1.29, 1.82) is 0 Å². The second-order valence-electron chi connectivity index (χ2n) is 7.62. The molecule has 3 atom stereocenters. The number of methoxy groups -OCH3 is 1. The fourth-order valence-electron chi connectivity index (χ4n) is 4.59. The van der Waals surface area contributed by atoms with Crippen molar-refractivity contribution < 1.29 is 13.2 Å². The van der Waals surface area contributed by atoms with Gasteiger partial charge in [0.1, 0.15) is 10.6 Å². The normalized spacial score (nSPS) is 25.5. The summed E-state index contributed by atoms with van der Waals surface area (Å²) >= 11 is 0. The molecule has 7 nitrogen and oxygen atoms in total. The summed E-state index contributed by atoms with van der Waals surface area (Å²) in [6, 6.07) is 8.34. The summed E-state index contributed by atoms with van der Waals surface area (Å²) in [7, 11) is 2.03. The Balaban J connectivity index is 0.00000225. The quantitative estimate of drug-likeness (QED) is 0.748. The van der Waals surface area contributed by atoms with Crippen LogP contribution in [0, 0.1) is 18.8 Å². The molecule has 154 valence electrons. The van der Waals surface area contributed by atoms with Gasteiger partial charge in [-0.15, -0.1) is 12.4 Å². The number of aromatic nitrogens is 2. The van der Waals surface area contributed by atoms with Gasteiger partial charge in [0, 0.05) is 32.7 Å². The lowest BCUT2D eigenvalue weighted by molar-refractivity contribution is 0.261. The molecule has 1 aromatic heterocycles. The van der Waals surface area contributed by atoms with Gasteiger partial charge in [-0.3, -0.25) is 9.58 Å². The maximum absolute atomic E-state index is 13.2. The average Bonchev–Trinajstić information content (AvgIpc) is 3.29. The van der Waals surface area contributed by atoms with Crippen molar-refractivity contribution >= 4 is 22.4 Å². The molecule has 1 aromatic carbocycles. The number of ether oxygens (including phenoxy) is 1. The molecule has 9 heteroatoms. The number of halogens is 1. The van der Waals surface area contributed by atoms with Gasteiger partial charge in [0.05, 0.1) is 19.0 Å². The van der Waals surface area contributed by atoms with E-state index >= 15 is 0 Å². The van der Waals surface area contributed by atoms with E-state index in [-0.39, 0.29) is 24.4 Å². The highest BCUT2D eigenvalue weighted by Gasteiger charge is 2.49. The minimum atomic E-state index is -3.51. The maximum atomic E-state index is 13.2. The molecular formula is C19H27ClN4O3S. The Labute approximate surface area is 172 Å². The molecule has 2 fully saturated rings. The number of rotatable bonds is 4. The van der Waals surface area contributed by atoms with Crippen LogP contribution in [-0.2, 0) is 17.1 Å². The standard InChI is InChI=1S/C19H26N4O3S.ClH/c1-13-18(9-20-22(13)3)27(24,25)23-11-15-10-21(2)19(17(15)12-23)14-5-7-16(26-4)8-6-14;/h5-9,15,17,19H,10-12H2,1-4H3;1H/t15-,17+,19-;/m0./s1. The molecular weight excluding hydrogens is 400 g/mol. The lowest BCUT2D eigenvalue weighted by Gasteiger charge is -2.26. The van der Waals surface area contributed by atoms with Gasteiger partial charge >= 0.3 is 0 Å². The highest BCUT2D eigenvalue weighted by Crippen LogP contribution is 2.45. The third-order valence-corrected chi connectivity index (χ3v) is 8.06. The Morgan fingerprint density at radius 3 is 2.36 bits per heavy atom. The molecule has 0 bridgehead atoms. The Morgan fingerprint density at radius 1 is 1.11 bits per heavy atom. The summed E-state index contributed by atoms with van der Waals surface area (Å²) in [4.78, 5) is 2.66. The van der Waals surface area contributed by atoms with Gasteiger partial charge in [0.15, 0.2) is 0 Å². The minimum Gasteiger partial charge on any atom is -0.497 e. The van der Waals surface area contributed by atoms with Crippen molar-refractivity contribution in [3.63, 3.8) is 0 Å². The van der Waals surface area contributed by atoms with Crippen LogP contribution in [0.25, 0.3) is 0 Å². The molecule has 2 aliphatic rings. The molecule has 0 aliphatic carbocycles. The number of nitrogens with zero attached hydrogens (tertiary/aromatic N) is 4. The Kier molecular flexibility index (Phi) is 5.78. The van der Waals surface area contributed by atoms with Crippen LogP contribution in [0.5, 0.6) is 5.75 Å². The van der Waals surface area contributed by atoms with E-state index < -0.39 is 10.0 Å². The number of benzene rings is 1. The van der Waals surface area contributed by atoms with Crippen LogP contribution < -0.4 is 4.74 Å². The van der Waals surface area contributed by atoms with E-state index in [0.29, 0.717) is 29.6 Å². The Hall–Kier alpha value is -1.61. The van der Waals surface area contributed by atoms with Gasteiger partial charge in [0.25, 0.3) is 0 Å². The third-order valence-electron chi connectivity index (χ3n) is 6.13. The van der Waals surface area contributed by atoms with Crippen LogP contribution in [0.4, 0.5) is 0 Å². The first-order chi connectivity index (χ1) is 12.8. The molecule has 3 heterocycles. The van der Waals surface area contributed by atoms with Gasteiger partial charge in [-0.2, -0.15) is 9.40 Å². The summed E-state index contributed by atoms with van der Waals surface area (Å²) in [5.41, 5.74) is 1.89. The fraction of sp³-hybridized carbons (Fsp3) is 0.526. The Bertz CT molecular complexity index is 945. The largest absolute Gasteiger partial charge is 0.497 e. The summed E-state index contributed by atoms with van der Waals surface area (Å²) < 4.78 is 34.8. The highest BCUT2D eigenvalue weighted by molar-refractivity contribution is 7.89. The second-order valence-corrected chi connectivity index (χ2v) is 9.53. The molecule has 0 radical (unpaired) electrons. The predicted molar refractivity (Wildman–Crippen MR) is 109 cm³/mol. The number of sulfonamides is 1. The van der Waals surface area contributed by atoms with E-state index in [1.165, 1.54) is 11.8 Å². The first-order valence-corrected chi connectivity index (χ1v) is 10.6. The molecule has 0 saturated carbocycles. The number of hydrogen-bond acceptors (Lipinski definition) is 5. The molecule has 0 unspecified atom stereocenters. The molecule has 2 saturated heterocycles. The molecule has 4 rings (SSSR count). The maximum Gasteiger partial charge on any atom is 0.246 e. The minimum absolute atomic E-state index is 0. The van der Waals surface area contributed by atoms with Crippen molar-refractivity contribution in [3.8, 4) is 5.75 Å². The van der Waals surface area contributed by atoms with Crippen LogP contribution in [0.2, 0.25) is 0 Å². The average molecular weight is 427 g/mol. The number of likely N-dealkylation sites (tertiary alicyclic amines) is 1. The van der Waals surface area contributed by atoms with Crippen molar-refractivity contribution in [3.05, 3.63) is 41.7 Å². The molecule has 0 N–H and O–H groups in total. The lowest BCUT2D eigenvalue weighted by Crippen LogP contribution is -2.33. The summed E-state index contributed by atoms with van der Waals surface area (Å²) in [5, 5.41) is 4.11. The van der Waals surface area contributed by atoms with E-state index in [9.17, 15) is 8.42 Å². The summed E-state index contributed by atoms with van der Waals surface area (Å²) in [5.74, 6) is 1.46.